The summed E-state index contributed by atoms with van der Waals surface area (Å²) < 4.78 is 30.2. The van der Waals surface area contributed by atoms with Crippen molar-refractivity contribution in [1.29, 1.82) is 0 Å². The Morgan fingerprint density at radius 3 is 2.89 bits per heavy atom. The molecule has 0 unspecified atom stereocenters. The third-order valence-corrected chi connectivity index (χ3v) is 7.95. The maximum atomic E-state index is 12.4. The van der Waals surface area contributed by atoms with Gasteiger partial charge in [-0.1, -0.05) is 12.8 Å². The van der Waals surface area contributed by atoms with Crippen LogP contribution < -0.4 is 4.65 Å². The molecule has 2 aromatic rings. The third kappa shape index (κ3) is 3.40. The van der Waals surface area contributed by atoms with Crippen LogP contribution in [-0.4, -0.2) is 42.0 Å². The molecule has 8 heteroatoms. The highest BCUT2D eigenvalue weighted by molar-refractivity contribution is 7.91. The van der Waals surface area contributed by atoms with Crippen molar-refractivity contribution in [3.63, 3.8) is 0 Å². The van der Waals surface area contributed by atoms with E-state index in [9.17, 15) is 13.4 Å². The summed E-state index contributed by atoms with van der Waals surface area (Å²) >= 11 is 0. The van der Waals surface area contributed by atoms with Gasteiger partial charge in [0.25, 0.3) is 0 Å². The fourth-order valence-corrected chi connectivity index (χ4v) is 6.29. The molecule has 0 radical (unpaired) electrons. The minimum absolute atomic E-state index is 0.215. The molecule has 5 rings (SSSR count). The molecule has 0 atom stereocenters. The van der Waals surface area contributed by atoms with E-state index >= 15 is 0 Å². The van der Waals surface area contributed by atoms with Crippen LogP contribution in [0.4, 0.5) is 0 Å². The molecule has 2 N–H and O–H groups in total. The van der Waals surface area contributed by atoms with Crippen molar-refractivity contribution in [2.45, 2.75) is 32.1 Å². The van der Waals surface area contributed by atoms with Crippen LogP contribution in [0, 0.1) is 17.8 Å². The molecule has 0 aromatic carbocycles. The van der Waals surface area contributed by atoms with E-state index in [1.807, 2.05) is 12.3 Å². The molecule has 142 valence electrons. The van der Waals surface area contributed by atoms with Crippen molar-refractivity contribution >= 4 is 33.6 Å². The number of nitrogens with zero attached hydrogens (tertiary/aromatic N) is 1. The molecule has 3 aliphatic rings. The van der Waals surface area contributed by atoms with Crippen LogP contribution in [-0.2, 0) is 9.84 Å². The van der Waals surface area contributed by atoms with Gasteiger partial charge in [-0.3, -0.25) is 0 Å². The summed E-state index contributed by atoms with van der Waals surface area (Å²) in [7, 11) is -3.94. The van der Waals surface area contributed by atoms with E-state index in [4.69, 9.17) is 4.65 Å². The normalized spacial score (nSPS) is 24.9. The fourth-order valence-electron chi connectivity index (χ4n) is 4.44. The maximum absolute atomic E-state index is 12.4. The Morgan fingerprint density at radius 2 is 2.11 bits per heavy atom. The number of aromatic nitrogens is 2. The van der Waals surface area contributed by atoms with Gasteiger partial charge in [0.2, 0.25) is 0 Å². The monoisotopic (exact) mass is 386 g/mol. The second kappa shape index (κ2) is 6.38. The van der Waals surface area contributed by atoms with E-state index in [0.29, 0.717) is 23.2 Å². The standard InChI is InChI=1S/C19H23BN2O4S/c23-20-9-16(18-15-3-5-21-19(15)22-10-17(18)26-20)14-7-13(8-14)11-27(24,25)6-4-12-1-2-12/h3,5,9-10,12-14,23H,1-2,4,6-8,11H2,(H,21,22). The average Bonchev–Trinajstić information content (AvgIpc) is 3.30. The number of fused-ring (bicyclic) bond motifs is 3. The van der Waals surface area contributed by atoms with Gasteiger partial charge in [-0.25, -0.2) is 13.4 Å². The summed E-state index contributed by atoms with van der Waals surface area (Å²) in [4.78, 5) is 7.44. The van der Waals surface area contributed by atoms with Crippen molar-refractivity contribution < 1.29 is 18.1 Å². The first-order valence-corrected chi connectivity index (χ1v) is 11.5. The molecule has 0 amide bonds. The number of H-pyrrole nitrogens is 1. The number of hydrogen-bond acceptors (Lipinski definition) is 5. The Kier molecular flexibility index (Phi) is 4.09. The minimum atomic E-state index is -2.96. The van der Waals surface area contributed by atoms with Crippen molar-refractivity contribution in [3.8, 4) is 5.75 Å². The molecule has 0 bridgehead atoms. The van der Waals surface area contributed by atoms with E-state index in [2.05, 4.69) is 9.97 Å². The van der Waals surface area contributed by atoms with Crippen molar-refractivity contribution in [2.24, 2.45) is 17.8 Å². The third-order valence-electron chi connectivity index (χ3n) is 6.11. The molecule has 0 spiro atoms. The van der Waals surface area contributed by atoms with Gasteiger partial charge in [-0.2, -0.15) is 0 Å². The molecule has 27 heavy (non-hydrogen) atoms. The first-order valence-electron chi connectivity index (χ1n) is 9.72. The molecular formula is C19H23BN2O4S. The fraction of sp³-hybridized carbons (Fsp3) is 0.526. The number of pyridine rings is 1. The zero-order valence-corrected chi connectivity index (χ0v) is 15.9. The van der Waals surface area contributed by atoms with Gasteiger partial charge >= 0.3 is 7.12 Å². The predicted molar refractivity (Wildman–Crippen MR) is 105 cm³/mol. The van der Waals surface area contributed by atoms with Gasteiger partial charge in [0.15, 0.2) is 9.84 Å². The van der Waals surface area contributed by atoms with Gasteiger partial charge in [-0.15, -0.1) is 0 Å². The largest absolute Gasteiger partial charge is 0.552 e. The molecule has 1 aliphatic heterocycles. The molecule has 2 saturated carbocycles. The lowest BCUT2D eigenvalue weighted by Crippen LogP contribution is -2.34. The number of rotatable bonds is 6. The summed E-state index contributed by atoms with van der Waals surface area (Å²) in [5.74, 6) is 4.11. The van der Waals surface area contributed by atoms with Gasteiger partial charge in [-0.05, 0) is 54.6 Å². The number of aromatic amines is 1. The zero-order chi connectivity index (χ0) is 18.6. The first-order chi connectivity index (χ1) is 13.0. The van der Waals surface area contributed by atoms with E-state index in [1.165, 1.54) is 12.8 Å². The van der Waals surface area contributed by atoms with E-state index in [-0.39, 0.29) is 11.8 Å². The van der Waals surface area contributed by atoms with Crippen molar-refractivity contribution in [2.75, 3.05) is 11.5 Å². The number of allylic oxidation sites excluding steroid dienone is 1. The average molecular weight is 386 g/mol. The van der Waals surface area contributed by atoms with Crippen LogP contribution in [0.25, 0.3) is 16.6 Å². The maximum Gasteiger partial charge on any atom is 0.552 e. The lowest BCUT2D eigenvalue weighted by molar-refractivity contribution is 0.272. The van der Waals surface area contributed by atoms with Crippen LogP contribution in [0.5, 0.6) is 5.75 Å². The van der Waals surface area contributed by atoms with Gasteiger partial charge in [0.05, 0.1) is 17.7 Å². The second-order valence-electron chi connectivity index (χ2n) is 8.25. The Hall–Kier alpha value is -1.80. The summed E-state index contributed by atoms with van der Waals surface area (Å²) in [5.41, 5.74) is 2.83. The number of hydrogen-bond donors (Lipinski definition) is 2. The van der Waals surface area contributed by atoms with Crippen LogP contribution >= 0.6 is 0 Å². The van der Waals surface area contributed by atoms with Crippen molar-refractivity contribution in [3.05, 3.63) is 30.0 Å². The van der Waals surface area contributed by atoms with E-state index < -0.39 is 17.0 Å². The second-order valence-corrected chi connectivity index (χ2v) is 10.5. The Balaban J connectivity index is 1.31. The summed E-state index contributed by atoms with van der Waals surface area (Å²) in [6.45, 7) is 0. The lowest BCUT2D eigenvalue weighted by atomic mass is 9.66. The molecule has 3 heterocycles. The van der Waals surface area contributed by atoms with Crippen LogP contribution in [0.1, 0.15) is 37.7 Å². The molecule has 2 aliphatic carbocycles. The number of sulfone groups is 1. The smallest absolute Gasteiger partial charge is 0.531 e. The summed E-state index contributed by atoms with van der Waals surface area (Å²) in [6.07, 6.45) is 8.39. The summed E-state index contributed by atoms with van der Waals surface area (Å²) in [6, 6.07) is 1.97. The lowest BCUT2D eigenvalue weighted by Gasteiger charge is -2.38. The SMILES string of the molecule is O=S(=O)(CCC1CC1)CC1CC(C2=CB(O)Oc3cnc4[nH]ccc4c32)C1. The minimum Gasteiger partial charge on any atom is -0.531 e. The molecule has 0 saturated heterocycles. The van der Waals surface area contributed by atoms with Gasteiger partial charge in [0, 0.05) is 17.1 Å². The highest BCUT2D eigenvalue weighted by Crippen LogP contribution is 2.48. The van der Waals surface area contributed by atoms with Crippen molar-refractivity contribution in [1.82, 2.24) is 9.97 Å². The Labute approximate surface area is 159 Å². The van der Waals surface area contributed by atoms with Gasteiger partial charge < -0.3 is 14.7 Å². The van der Waals surface area contributed by atoms with E-state index in [0.717, 1.165) is 41.4 Å². The van der Waals surface area contributed by atoms with E-state index in [1.54, 1.807) is 12.2 Å². The summed E-state index contributed by atoms with van der Waals surface area (Å²) in [5, 5.41) is 11.0. The topological polar surface area (TPSA) is 92.3 Å². The molecule has 6 nitrogen and oxygen atoms in total. The highest BCUT2D eigenvalue weighted by Gasteiger charge is 2.39. The zero-order valence-electron chi connectivity index (χ0n) is 15.1. The Morgan fingerprint density at radius 1 is 1.30 bits per heavy atom. The van der Waals surface area contributed by atoms with Crippen LogP contribution in [0.2, 0.25) is 0 Å². The number of nitrogens with one attached hydrogen (secondary N) is 1. The van der Waals surface area contributed by atoms with Gasteiger partial charge in [0.1, 0.15) is 11.4 Å². The van der Waals surface area contributed by atoms with Crippen LogP contribution in [0.3, 0.4) is 0 Å². The Bertz CT molecular complexity index is 1010. The quantitative estimate of drug-likeness (QED) is 0.745. The predicted octanol–water partition coefficient (Wildman–Crippen LogP) is 2.60. The molecule has 2 fully saturated rings. The molecular weight excluding hydrogens is 363 g/mol. The first kappa shape index (κ1) is 17.3. The molecule has 2 aromatic heterocycles. The highest BCUT2D eigenvalue weighted by atomic mass is 32.2. The van der Waals surface area contributed by atoms with Crippen LogP contribution in [0.15, 0.2) is 24.4 Å².